The minimum Gasteiger partial charge on any atom is -0.378 e. The van der Waals surface area contributed by atoms with Gasteiger partial charge in [0.2, 0.25) is 0 Å². The molecule has 4 aliphatic rings. The molecule has 3 aliphatic heterocycles. The molecule has 1 spiro atoms. The Morgan fingerprint density at radius 1 is 1.04 bits per heavy atom. The van der Waals surface area contributed by atoms with Crippen LogP contribution >= 0.6 is 0 Å². The van der Waals surface area contributed by atoms with E-state index in [1.807, 2.05) is 35.2 Å². The van der Waals surface area contributed by atoms with Crippen LogP contribution in [0.4, 0.5) is 10.5 Å². The normalized spacial score (nSPS) is 28.6. The predicted molar refractivity (Wildman–Crippen MR) is 110 cm³/mol. The smallest absolute Gasteiger partial charge is 0.321 e. The summed E-state index contributed by atoms with van der Waals surface area (Å²) in [5.41, 5.74) is 0.972. The van der Waals surface area contributed by atoms with Crippen LogP contribution in [0.5, 0.6) is 0 Å². The van der Waals surface area contributed by atoms with Crippen LogP contribution in [0.3, 0.4) is 0 Å². The molecule has 1 aromatic carbocycles. The number of hydrogen-bond acceptors (Lipinski definition) is 4. The van der Waals surface area contributed by atoms with Crippen molar-refractivity contribution >= 4 is 11.7 Å². The van der Waals surface area contributed by atoms with Crippen molar-refractivity contribution < 1.29 is 9.53 Å². The van der Waals surface area contributed by atoms with E-state index in [-0.39, 0.29) is 11.6 Å². The molecule has 6 nitrogen and oxygen atoms in total. The minimum atomic E-state index is 0.0203. The lowest BCUT2D eigenvalue weighted by molar-refractivity contribution is -0.167. The third-order valence-corrected chi connectivity index (χ3v) is 7.15. The fourth-order valence-corrected chi connectivity index (χ4v) is 5.77. The van der Waals surface area contributed by atoms with E-state index in [0.29, 0.717) is 6.04 Å². The van der Waals surface area contributed by atoms with Gasteiger partial charge in [0.05, 0.1) is 24.8 Å². The van der Waals surface area contributed by atoms with E-state index >= 15 is 0 Å². The van der Waals surface area contributed by atoms with E-state index < -0.39 is 0 Å². The number of urea groups is 1. The maximum Gasteiger partial charge on any atom is 0.321 e. The Bertz CT molecular complexity index is 685. The van der Waals surface area contributed by atoms with Gasteiger partial charge in [-0.1, -0.05) is 37.5 Å². The van der Waals surface area contributed by atoms with Gasteiger partial charge in [-0.25, -0.2) is 4.79 Å². The van der Waals surface area contributed by atoms with Crippen LogP contribution in [0.1, 0.15) is 32.1 Å². The van der Waals surface area contributed by atoms with Gasteiger partial charge in [-0.3, -0.25) is 9.80 Å². The molecule has 1 aliphatic carbocycles. The number of morpholine rings is 1. The third-order valence-electron chi connectivity index (χ3n) is 7.15. The molecule has 4 fully saturated rings. The number of hydrogen-bond donors (Lipinski definition) is 1. The molecule has 0 bridgehead atoms. The van der Waals surface area contributed by atoms with Gasteiger partial charge in [0.1, 0.15) is 0 Å². The Labute approximate surface area is 167 Å². The van der Waals surface area contributed by atoms with E-state index in [4.69, 9.17) is 4.74 Å². The zero-order chi connectivity index (χ0) is 19.0. The number of piperazine rings is 1. The molecule has 1 aromatic rings. The zero-order valence-electron chi connectivity index (χ0n) is 16.7. The number of ether oxygens (including phenoxy) is 1. The summed E-state index contributed by atoms with van der Waals surface area (Å²) >= 11 is 0. The second-order valence-electron chi connectivity index (χ2n) is 9.02. The highest BCUT2D eigenvalue weighted by atomic mass is 16.5. The highest BCUT2D eigenvalue weighted by Crippen LogP contribution is 2.39. The first-order valence-corrected chi connectivity index (χ1v) is 10.9. The van der Waals surface area contributed by atoms with Crippen molar-refractivity contribution in [2.24, 2.45) is 0 Å². The highest BCUT2D eigenvalue weighted by Gasteiger charge is 2.55. The van der Waals surface area contributed by atoms with Gasteiger partial charge in [-0.15, -0.1) is 0 Å². The van der Waals surface area contributed by atoms with Crippen molar-refractivity contribution in [1.82, 2.24) is 14.7 Å². The molecule has 1 N–H and O–H groups in total. The number of nitrogens with zero attached hydrogens (tertiary/aromatic N) is 3. The van der Waals surface area contributed by atoms with Crippen LogP contribution in [-0.2, 0) is 4.74 Å². The summed E-state index contributed by atoms with van der Waals surface area (Å²) in [6.07, 6.45) is 6.84. The van der Waals surface area contributed by atoms with Crippen LogP contribution in [0.15, 0.2) is 30.3 Å². The van der Waals surface area contributed by atoms with Crippen molar-refractivity contribution in [3.63, 3.8) is 0 Å². The second kappa shape index (κ2) is 7.65. The molecular weight excluding hydrogens is 352 g/mol. The van der Waals surface area contributed by atoms with Crippen LogP contribution in [0.2, 0.25) is 0 Å². The fraction of sp³-hybridized carbons (Fsp3) is 0.682. The summed E-state index contributed by atoms with van der Waals surface area (Å²) < 4.78 is 5.78. The first kappa shape index (κ1) is 18.4. The fourth-order valence-electron chi connectivity index (χ4n) is 5.77. The first-order valence-electron chi connectivity index (χ1n) is 10.9. The number of carbonyl (C=O) groups excluding carboxylic acids is 1. The molecule has 3 heterocycles. The molecule has 28 heavy (non-hydrogen) atoms. The number of carbonyl (C=O) groups is 1. The standard InChI is InChI=1S/C22H32N4O2/c27-21(23-18-7-3-1-4-8-18)24-13-20-14-28-12-11-26(20)22(15-24)16-25(17-22)19-9-5-2-6-10-19/h1,3-4,7-8,19-20H,2,5-6,9-17H2,(H,23,27)/t20-/m1/s1. The van der Waals surface area contributed by atoms with Gasteiger partial charge >= 0.3 is 6.03 Å². The van der Waals surface area contributed by atoms with E-state index in [2.05, 4.69) is 15.1 Å². The van der Waals surface area contributed by atoms with Crippen molar-refractivity contribution in [2.75, 3.05) is 51.3 Å². The molecule has 1 atom stereocenters. The number of nitrogens with one attached hydrogen (secondary N) is 1. The number of likely N-dealkylation sites (tertiary alicyclic amines) is 1. The predicted octanol–water partition coefficient (Wildman–Crippen LogP) is 2.62. The number of benzene rings is 1. The van der Waals surface area contributed by atoms with Gasteiger partial charge in [0.25, 0.3) is 0 Å². The van der Waals surface area contributed by atoms with Crippen LogP contribution < -0.4 is 5.32 Å². The molecule has 0 unspecified atom stereocenters. The van der Waals surface area contributed by atoms with Crippen molar-refractivity contribution in [3.05, 3.63) is 30.3 Å². The van der Waals surface area contributed by atoms with Gasteiger partial charge in [-0.05, 0) is 25.0 Å². The lowest BCUT2D eigenvalue weighted by Crippen LogP contribution is -2.82. The summed E-state index contributed by atoms with van der Waals surface area (Å²) in [6.45, 7) is 6.33. The molecule has 6 heteroatoms. The summed E-state index contributed by atoms with van der Waals surface area (Å²) in [4.78, 5) is 20.4. The number of fused-ring (bicyclic) bond motifs is 2. The molecule has 3 saturated heterocycles. The monoisotopic (exact) mass is 384 g/mol. The average molecular weight is 385 g/mol. The maximum absolute atomic E-state index is 13.0. The molecule has 0 aromatic heterocycles. The van der Waals surface area contributed by atoms with E-state index in [1.165, 1.54) is 32.1 Å². The number of amides is 2. The molecule has 0 radical (unpaired) electrons. The molecule has 2 amide bonds. The topological polar surface area (TPSA) is 48.1 Å². The van der Waals surface area contributed by atoms with E-state index in [0.717, 1.165) is 57.7 Å². The lowest BCUT2D eigenvalue weighted by atomic mass is 9.79. The Hall–Kier alpha value is -1.63. The third kappa shape index (κ3) is 3.42. The van der Waals surface area contributed by atoms with E-state index in [1.54, 1.807) is 0 Å². The quantitative estimate of drug-likeness (QED) is 0.852. The summed E-state index contributed by atoms with van der Waals surface area (Å²) in [5, 5.41) is 3.08. The van der Waals surface area contributed by atoms with Gasteiger partial charge in [0, 0.05) is 44.5 Å². The molecular formula is C22H32N4O2. The Kier molecular flexibility index (Phi) is 5.03. The number of rotatable bonds is 2. The molecule has 152 valence electrons. The van der Waals surface area contributed by atoms with Gasteiger partial charge < -0.3 is 15.0 Å². The van der Waals surface area contributed by atoms with Crippen LogP contribution in [-0.4, -0.2) is 84.3 Å². The zero-order valence-corrected chi connectivity index (χ0v) is 16.7. The van der Waals surface area contributed by atoms with Crippen molar-refractivity contribution in [1.29, 1.82) is 0 Å². The minimum absolute atomic E-state index is 0.0203. The Morgan fingerprint density at radius 2 is 1.82 bits per heavy atom. The Balaban J connectivity index is 1.29. The SMILES string of the molecule is O=C(Nc1ccccc1)N1C[C@@H]2COCCN2C2(C1)CN(C1CCCCC1)C2. The summed E-state index contributed by atoms with van der Waals surface area (Å²) in [7, 11) is 0. The average Bonchev–Trinajstić information content (AvgIpc) is 2.72. The van der Waals surface area contributed by atoms with Gasteiger partial charge in [0.15, 0.2) is 0 Å². The number of para-hydroxylation sites is 1. The molecule has 5 rings (SSSR count). The van der Waals surface area contributed by atoms with E-state index in [9.17, 15) is 4.79 Å². The van der Waals surface area contributed by atoms with Crippen LogP contribution in [0.25, 0.3) is 0 Å². The summed E-state index contributed by atoms with van der Waals surface area (Å²) in [6, 6.07) is 10.9. The number of anilines is 1. The second-order valence-corrected chi connectivity index (χ2v) is 9.02. The van der Waals surface area contributed by atoms with Crippen molar-refractivity contribution in [2.45, 2.75) is 49.7 Å². The molecule has 1 saturated carbocycles. The van der Waals surface area contributed by atoms with Crippen molar-refractivity contribution in [3.8, 4) is 0 Å². The Morgan fingerprint density at radius 3 is 2.61 bits per heavy atom. The largest absolute Gasteiger partial charge is 0.378 e. The lowest BCUT2D eigenvalue weighted by Gasteiger charge is -2.64. The highest BCUT2D eigenvalue weighted by molar-refractivity contribution is 5.89. The van der Waals surface area contributed by atoms with Gasteiger partial charge in [-0.2, -0.15) is 0 Å². The summed E-state index contributed by atoms with van der Waals surface area (Å²) in [5.74, 6) is 0. The van der Waals surface area contributed by atoms with Crippen LogP contribution in [0, 0.1) is 0 Å². The first-order chi connectivity index (χ1) is 13.7. The maximum atomic E-state index is 13.0.